The third kappa shape index (κ3) is 3.33. The van der Waals surface area contributed by atoms with Crippen LogP contribution in [0.4, 0.5) is 4.79 Å². The van der Waals surface area contributed by atoms with Crippen LogP contribution in [-0.4, -0.2) is 36.6 Å². The predicted octanol–water partition coefficient (Wildman–Crippen LogP) is 3.29. The molecule has 4 aliphatic rings. The van der Waals surface area contributed by atoms with Crippen LogP contribution >= 0.6 is 0 Å². The molecule has 0 N–H and O–H groups in total. The molecule has 4 fully saturated rings. The first-order chi connectivity index (χ1) is 12.0. The highest BCUT2D eigenvalue weighted by Crippen LogP contribution is 2.57. The molecule has 25 heavy (non-hydrogen) atoms. The Balaban J connectivity index is 1.43. The molecule has 4 aliphatic carbocycles. The monoisotopic (exact) mass is 337 g/mol. The van der Waals surface area contributed by atoms with E-state index in [0.29, 0.717) is 17.8 Å². The molecule has 130 valence electrons. The zero-order valence-electron chi connectivity index (χ0n) is 14.5. The van der Waals surface area contributed by atoms with Crippen LogP contribution < -0.4 is 0 Å². The number of esters is 1. The predicted molar refractivity (Wildman–Crippen MR) is 95.0 cm³/mol. The Labute approximate surface area is 150 Å². The van der Waals surface area contributed by atoms with Gasteiger partial charge in [-0.1, -0.05) is 30.3 Å². The van der Waals surface area contributed by atoms with Gasteiger partial charge < -0.3 is 9.64 Å². The molecule has 4 saturated carbocycles. The van der Waals surface area contributed by atoms with Crippen molar-refractivity contribution in [2.75, 3.05) is 6.54 Å². The van der Waals surface area contributed by atoms with Crippen LogP contribution in [0.1, 0.15) is 44.1 Å². The van der Waals surface area contributed by atoms with Crippen LogP contribution in [0.5, 0.6) is 0 Å². The molecule has 2 radical (unpaired) electrons. The first-order valence-corrected chi connectivity index (χ1v) is 9.31. The topological polar surface area (TPSA) is 46.6 Å². The Bertz CT molecular complexity index is 625. The lowest BCUT2D eigenvalue weighted by Crippen LogP contribution is -2.62. The van der Waals surface area contributed by atoms with E-state index in [-0.39, 0.29) is 24.7 Å². The van der Waals surface area contributed by atoms with E-state index >= 15 is 0 Å². The molecular weight excluding hydrogens is 313 g/mol. The lowest BCUT2D eigenvalue weighted by atomic mass is 9.52. The van der Waals surface area contributed by atoms with Crippen molar-refractivity contribution >= 4 is 19.6 Å². The van der Waals surface area contributed by atoms with Crippen LogP contribution in [0.3, 0.4) is 0 Å². The summed E-state index contributed by atoms with van der Waals surface area (Å²) < 4.78 is 5.38. The quantitative estimate of drug-likeness (QED) is 0.612. The minimum atomic E-state index is -0.487. The van der Waals surface area contributed by atoms with Gasteiger partial charge in [0.2, 0.25) is 7.85 Å². The van der Waals surface area contributed by atoms with Gasteiger partial charge in [-0.15, -0.1) is 0 Å². The van der Waals surface area contributed by atoms with Gasteiger partial charge >= 0.3 is 5.97 Å². The summed E-state index contributed by atoms with van der Waals surface area (Å²) in [5.41, 5.74) is 0.725. The molecule has 1 aromatic carbocycles. The molecule has 5 heteroatoms. The fourth-order valence-corrected chi connectivity index (χ4v) is 5.79. The lowest BCUT2D eigenvalue weighted by Gasteiger charge is -2.60. The van der Waals surface area contributed by atoms with Gasteiger partial charge in [-0.2, -0.15) is 0 Å². The number of ether oxygens (including phenoxy) is 1. The van der Waals surface area contributed by atoms with Crippen molar-refractivity contribution in [3.8, 4) is 0 Å². The number of nitrogens with zero attached hydrogens (tertiary/aromatic N) is 1. The van der Waals surface area contributed by atoms with Crippen molar-refractivity contribution in [2.24, 2.45) is 17.8 Å². The van der Waals surface area contributed by atoms with E-state index in [4.69, 9.17) is 12.6 Å². The number of hydrogen-bond acceptors (Lipinski definition) is 3. The minimum absolute atomic E-state index is 0.0334. The smallest absolute Gasteiger partial charge is 0.325 e. The number of carbonyl (C=O) groups is 2. The largest absolute Gasteiger partial charge is 0.459 e. The maximum atomic E-state index is 12.4. The van der Waals surface area contributed by atoms with Crippen molar-refractivity contribution in [1.29, 1.82) is 0 Å². The molecule has 0 unspecified atom stereocenters. The van der Waals surface area contributed by atoms with Gasteiger partial charge in [0, 0.05) is 5.54 Å². The van der Waals surface area contributed by atoms with Crippen molar-refractivity contribution < 1.29 is 14.3 Å². The van der Waals surface area contributed by atoms with Crippen LogP contribution in [0.25, 0.3) is 0 Å². The zero-order chi connectivity index (χ0) is 17.4. The summed E-state index contributed by atoms with van der Waals surface area (Å²) in [5.74, 6) is 1.20. The zero-order valence-corrected chi connectivity index (χ0v) is 14.5. The molecule has 1 aromatic rings. The van der Waals surface area contributed by atoms with Crippen LogP contribution in [0.15, 0.2) is 30.3 Å². The average Bonchev–Trinajstić information content (AvgIpc) is 2.57. The Kier molecular flexibility index (Phi) is 4.34. The molecule has 0 heterocycles. The van der Waals surface area contributed by atoms with Gasteiger partial charge in [0.05, 0.1) is 0 Å². The summed E-state index contributed by atoms with van der Waals surface area (Å²) in [7, 11) is 5.69. The van der Waals surface area contributed by atoms with Crippen molar-refractivity contribution in [2.45, 2.75) is 50.7 Å². The summed E-state index contributed by atoms with van der Waals surface area (Å²) in [4.78, 5) is 26.1. The fraction of sp³-hybridized carbons (Fsp3) is 0.600. The van der Waals surface area contributed by atoms with E-state index in [1.807, 2.05) is 30.3 Å². The number of hydrogen-bond donors (Lipinski definition) is 0. The number of carbonyl (C=O) groups excluding carboxylic acids is 2. The first-order valence-electron chi connectivity index (χ1n) is 9.31. The SMILES string of the molecule is [B]C(=O)N(CC(=O)OCc1ccccc1)C12CC3CC(CC(C3)C1)C2. The third-order valence-corrected chi connectivity index (χ3v) is 6.37. The molecule has 0 aromatic heterocycles. The maximum absolute atomic E-state index is 12.4. The van der Waals surface area contributed by atoms with Gasteiger partial charge in [-0.25, -0.2) is 0 Å². The van der Waals surface area contributed by atoms with Gasteiger partial charge in [0.25, 0.3) is 0 Å². The Morgan fingerprint density at radius 3 is 2.12 bits per heavy atom. The van der Waals surface area contributed by atoms with Crippen LogP contribution in [0, 0.1) is 17.8 Å². The first kappa shape index (κ1) is 16.7. The van der Waals surface area contributed by atoms with E-state index < -0.39 is 5.81 Å². The molecule has 4 bridgehead atoms. The Morgan fingerprint density at radius 2 is 1.60 bits per heavy atom. The van der Waals surface area contributed by atoms with E-state index in [1.165, 1.54) is 19.3 Å². The Morgan fingerprint density at radius 1 is 1.04 bits per heavy atom. The molecule has 5 rings (SSSR count). The maximum Gasteiger partial charge on any atom is 0.325 e. The molecule has 1 amide bonds. The van der Waals surface area contributed by atoms with Crippen molar-refractivity contribution in [3.05, 3.63) is 35.9 Å². The van der Waals surface area contributed by atoms with E-state index in [9.17, 15) is 9.59 Å². The van der Waals surface area contributed by atoms with Crippen molar-refractivity contribution in [3.63, 3.8) is 0 Å². The van der Waals surface area contributed by atoms with Gasteiger partial charge in [0.1, 0.15) is 13.2 Å². The highest BCUT2D eigenvalue weighted by Gasteiger charge is 2.54. The summed E-state index contributed by atoms with van der Waals surface area (Å²) in [5, 5.41) is 0. The highest BCUT2D eigenvalue weighted by atomic mass is 16.5. The second kappa shape index (κ2) is 6.51. The summed E-state index contributed by atoms with van der Waals surface area (Å²) >= 11 is 0. The highest BCUT2D eigenvalue weighted by molar-refractivity contribution is 6.57. The van der Waals surface area contributed by atoms with E-state index in [1.54, 1.807) is 4.90 Å². The van der Waals surface area contributed by atoms with Crippen molar-refractivity contribution in [1.82, 2.24) is 4.90 Å². The average molecular weight is 337 g/mol. The normalized spacial score (nSPS) is 32.4. The second-order valence-corrected chi connectivity index (χ2v) is 8.21. The van der Waals surface area contributed by atoms with Crippen LogP contribution in [0.2, 0.25) is 0 Å². The number of amides is 1. The van der Waals surface area contributed by atoms with E-state index in [0.717, 1.165) is 24.8 Å². The van der Waals surface area contributed by atoms with Gasteiger partial charge in [-0.3, -0.25) is 9.59 Å². The second-order valence-electron chi connectivity index (χ2n) is 8.21. The number of rotatable bonds is 5. The standard InChI is InChI=1S/C20H24BNO3/c21-19(24)22(12-18(23)25-13-14-4-2-1-3-5-14)20-9-15-6-16(10-20)8-17(7-15)11-20/h1-5,15-17H,6-13H2. The van der Waals surface area contributed by atoms with Crippen LogP contribution in [-0.2, 0) is 16.1 Å². The molecular formula is C20H24BNO3. The minimum Gasteiger partial charge on any atom is -0.459 e. The molecule has 0 spiro atoms. The third-order valence-electron chi connectivity index (χ3n) is 6.37. The molecule has 4 nitrogen and oxygen atoms in total. The van der Waals surface area contributed by atoms with Gasteiger partial charge in [-0.05, 0) is 61.8 Å². The summed E-state index contributed by atoms with van der Waals surface area (Å²) in [6.45, 7) is 0.196. The fourth-order valence-electron chi connectivity index (χ4n) is 5.79. The molecule has 0 aliphatic heterocycles. The summed E-state index contributed by atoms with van der Waals surface area (Å²) in [6, 6.07) is 9.58. The number of benzene rings is 1. The molecule has 0 atom stereocenters. The Hall–Kier alpha value is -1.78. The molecule has 0 saturated heterocycles. The summed E-state index contributed by atoms with van der Waals surface area (Å²) in [6.07, 6.45) is 6.83. The van der Waals surface area contributed by atoms with Gasteiger partial charge in [0.15, 0.2) is 5.81 Å². The van der Waals surface area contributed by atoms with E-state index in [2.05, 4.69) is 0 Å². The lowest BCUT2D eigenvalue weighted by molar-refractivity contribution is -0.149.